The summed E-state index contributed by atoms with van der Waals surface area (Å²) >= 11 is 0. The van der Waals surface area contributed by atoms with E-state index in [0.29, 0.717) is 5.92 Å². The molecule has 0 aliphatic carbocycles. The lowest BCUT2D eigenvalue weighted by atomic mass is 9.82. The predicted octanol–water partition coefficient (Wildman–Crippen LogP) is 3.80. The van der Waals surface area contributed by atoms with Crippen LogP contribution in [0, 0.1) is 5.41 Å². The van der Waals surface area contributed by atoms with E-state index in [1.807, 2.05) is 0 Å². The molecule has 1 aliphatic rings. The second kappa shape index (κ2) is 7.42. The highest BCUT2D eigenvalue weighted by atomic mass is 15.1. The van der Waals surface area contributed by atoms with Crippen molar-refractivity contribution >= 4 is 0 Å². The molecule has 1 aromatic rings. The standard InChI is InChI=1S/C19H32N2/c1-16(2)18-9-7-17(8-10-18)13-19(3,14-20)15-21-11-5-4-6-12-21/h7-10,16H,4-6,11-15,20H2,1-3H3. The Morgan fingerprint density at radius 2 is 1.71 bits per heavy atom. The fourth-order valence-electron chi connectivity index (χ4n) is 3.36. The molecule has 1 heterocycles. The Labute approximate surface area is 130 Å². The Kier molecular flexibility index (Phi) is 5.83. The minimum absolute atomic E-state index is 0.191. The van der Waals surface area contributed by atoms with Crippen LogP contribution in [0.4, 0.5) is 0 Å². The van der Waals surface area contributed by atoms with E-state index >= 15 is 0 Å². The van der Waals surface area contributed by atoms with Crippen molar-refractivity contribution in [3.63, 3.8) is 0 Å². The quantitative estimate of drug-likeness (QED) is 0.862. The summed E-state index contributed by atoms with van der Waals surface area (Å²) in [6, 6.07) is 9.13. The van der Waals surface area contributed by atoms with Gasteiger partial charge in [0.05, 0.1) is 0 Å². The third kappa shape index (κ3) is 4.82. The topological polar surface area (TPSA) is 29.3 Å². The summed E-state index contributed by atoms with van der Waals surface area (Å²) in [5.41, 5.74) is 9.16. The molecule has 0 aromatic heterocycles. The summed E-state index contributed by atoms with van der Waals surface area (Å²) in [6.45, 7) is 11.2. The molecule has 0 saturated carbocycles. The van der Waals surface area contributed by atoms with Gasteiger partial charge in [-0.05, 0) is 61.4 Å². The Morgan fingerprint density at radius 3 is 2.24 bits per heavy atom. The van der Waals surface area contributed by atoms with Crippen molar-refractivity contribution in [2.45, 2.75) is 52.4 Å². The first kappa shape index (κ1) is 16.5. The molecule has 1 unspecified atom stereocenters. The highest BCUT2D eigenvalue weighted by Crippen LogP contribution is 2.25. The maximum atomic E-state index is 6.12. The van der Waals surface area contributed by atoms with Crippen LogP contribution >= 0.6 is 0 Å². The van der Waals surface area contributed by atoms with Crippen LogP contribution in [0.1, 0.15) is 57.1 Å². The largest absolute Gasteiger partial charge is 0.330 e. The lowest BCUT2D eigenvalue weighted by Crippen LogP contribution is -2.44. The molecule has 2 nitrogen and oxygen atoms in total. The van der Waals surface area contributed by atoms with Crippen molar-refractivity contribution in [2.75, 3.05) is 26.2 Å². The Morgan fingerprint density at radius 1 is 1.10 bits per heavy atom. The van der Waals surface area contributed by atoms with Gasteiger partial charge < -0.3 is 10.6 Å². The summed E-state index contributed by atoms with van der Waals surface area (Å²) in [5, 5.41) is 0. The molecule has 118 valence electrons. The molecule has 21 heavy (non-hydrogen) atoms. The van der Waals surface area contributed by atoms with E-state index in [2.05, 4.69) is 49.9 Å². The molecule has 1 saturated heterocycles. The molecule has 2 heteroatoms. The number of rotatable bonds is 6. The molecule has 1 fully saturated rings. The van der Waals surface area contributed by atoms with Gasteiger partial charge in [0.2, 0.25) is 0 Å². The van der Waals surface area contributed by atoms with Crippen molar-refractivity contribution < 1.29 is 0 Å². The number of likely N-dealkylation sites (tertiary alicyclic amines) is 1. The number of benzene rings is 1. The molecule has 2 N–H and O–H groups in total. The van der Waals surface area contributed by atoms with Crippen molar-refractivity contribution in [1.82, 2.24) is 4.90 Å². The average Bonchev–Trinajstić information content (AvgIpc) is 2.48. The van der Waals surface area contributed by atoms with Crippen LogP contribution in [0.3, 0.4) is 0 Å². The fraction of sp³-hybridized carbons (Fsp3) is 0.684. The summed E-state index contributed by atoms with van der Waals surface area (Å²) in [7, 11) is 0. The number of piperidine rings is 1. The summed E-state index contributed by atoms with van der Waals surface area (Å²) in [4.78, 5) is 2.61. The molecule has 1 aromatic carbocycles. The maximum absolute atomic E-state index is 6.12. The number of nitrogens with two attached hydrogens (primary N) is 1. The van der Waals surface area contributed by atoms with Gasteiger partial charge in [-0.25, -0.2) is 0 Å². The van der Waals surface area contributed by atoms with Crippen LogP contribution < -0.4 is 5.73 Å². The summed E-state index contributed by atoms with van der Waals surface area (Å²) in [5.74, 6) is 0.605. The Hall–Kier alpha value is -0.860. The third-order valence-electron chi connectivity index (χ3n) is 4.82. The zero-order chi connectivity index (χ0) is 15.3. The zero-order valence-electron chi connectivity index (χ0n) is 14.1. The van der Waals surface area contributed by atoms with Gasteiger partial charge in [-0.15, -0.1) is 0 Å². The second-order valence-corrected chi connectivity index (χ2v) is 7.42. The van der Waals surface area contributed by atoms with E-state index in [9.17, 15) is 0 Å². The molecule has 1 atom stereocenters. The van der Waals surface area contributed by atoms with E-state index in [0.717, 1.165) is 19.5 Å². The first-order valence-electron chi connectivity index (χ1n) is 8.54. The summed E-state index contributed by atoms with van der Waals surface area (Å²) < 4.78 is 0. The molecule has 0 spiro atoms. The van der Waals surface area contributed by atoms with Crippen LogP contribution in [0.15, 0.2) is 24.3 Å². The van der Waals surface area contributed by atoms with Crippen LogP contribution in [-0.2, 0) is 6.42 Å². The number of hydrogen-bond acceptors (Lipinski definition) is 2. The first-order chi connectivity index (χ1) is 10.0. The zero-order valence-corrected chi connectivity index (χ0v) is 14.1. The van der Waals surface area contributed by atoms with Gasteiger partial charge >= 0.3 is 0 Å². The molecule has 2 rings (SSSR count). The van der Waals surface area contributed by atoms with Gasteiger partial charge in [-0.3, -0.25) is 0 Å². The van der Waals surface area contributed by atoms with Gasteiger partial charge in [-0.1, -0.05) is 51.5 Å². The van der Waals surface area contributed by atoms with Gasteiger partial charge in [0.1, 0.15) is 0 Å². The SMILES string of the molecule is CC(C)c1ccc(CC(C)(CN)CN2CCCCC2)cc1. The van der Waals surface area contributed by atoms with Crippen LogP contribution in [-0.4, -0.2) is 31.1 Å². The number of hydrogen-bond donors (Lipinski definition) is 1. The monoisotopic (exact) mass is 288 g/mol. The average molecular weight is 288 g/mol. The molecule has 0 radical (unpaired) electrons. The fourth-order valence-corrected chi connectivity index (χ4v) is 3.36. The third-order valence-corrected chi connectivity index (χ3v) is 4.82. The van der Waals surface area contributed by atoms with Crippen molar-refractivity contribution in [1.29, 1.82) is 0 Å². The molecular weight excluding hydrogens is 256 g/mol. The van der Waals surface area contributed by atoms with E-state index in [-0.39, 0.29) is 5.41 Å². The van der Waals surface area contributed by atoms with Crippen LogP contribution in [0.5, 0.6) is 0 Å². The van der Waals surface area contributed by atoms with Gasteiger partial charge in [0.15, 0.2) is 0 Å². The highest BCUT2D eigenvalue weighted by molar-refractivity contribution is 5.25. The van der Waals surface area contributed by atoms with Crippen LogP contribution in [0.2, 0.25) is 0 Å². The maximum Gasteiger partial charge on any atom is 0.00506 e. The second-order valence-electron chi connectivity index (χ2n) is 7.42. The van der Waals surface area contributed by atoms with Crippen molar-refractivity contribution in [3.05, 3.63) is 35.4 Å². The van der Waals surface area contributed by atoms with Crippen molar-refractivity contribution in [3.8, 4) is 0 Å². The first-order valence-corrected chi connectivity index (χ1v) is 8.54. The van der Waals surface area contributed by atoms with Crippen LogP contribution in [0.25, 0.3) is 0 Å². The lowest BCUT2D eigenvalue weighted by Gasteiger charge is -2.36. The van der Waals surface area contributed by atoms with E-state index in [4.69, 9.17) is 5.73 Å². The Bertz CT molecular complexity index is 418. The van der Waals surface area contributed by atoms with Crippen molar-refractivity contribution in [2.24, 2.45) is 11.1 Å². The minimum atomic E-state index is 0.191. The van der Waals surface area contributed by atoms with E-state index < -0.39 is 0 Å². The molecule has 0 amide bonds. The lowest BCUT2D eigenvalue weighted by molar-refractivity contribution is 0.145. The van der Waals surface area contributed by atoms with Gasteiger partial charge in [0.25, 0.3) is 0 Å². The highest BCUT2D eigenvalue weighted by Gasteiger charge is 2.26. The van der Waals surface area contributed by atoms with E-state index in [1.54, 1.807) is 0 Å². The van der Waals surface area contributed by atoms with Gasteiger partial charge in [0, 0.05) is 6.54 Å². The smallest absolute Gasteiger partial charge is 0.00506 e. The molecule has 0 bridgehead atoms. The minimum Gasteiger partial charge on any atom is -0.330 e. The number of nitrogens with zero attached hydrogens (tertiary/aromatic N) is 1. The normalized spacial score (nSPS) is 19.7. The summed E-state index contributed by atoms with van der Waals surface area (Å²) in [6.07, 6.45) is 5.18. The predicted molar refractivity (Wildman–Crippen MR) is 91.7 cm³/mol. The van der Waals surface area contributed by atoms with Gasteiger partial charge in [-0.2, -0.15) is 0 Å². The Balaban J connectivity index is 1.99. The molecular formula is C19H32N2. The molecule has 1 aliphatic heterocycles. The van der Waals surface area contributed by atoms with E-state index in [1.165, 1.54) is 43.5 Å².